The number of hydrogen-bond acceptors (Lipinski definition) is 5. The molecule has 0 fully saturated rings. The van der Waals surface area contributed by atoms with Crippen molar-refractivity contribution < 1.29 is 24.5 Å². The largest absolute Gasteiger partial charge is 0.478 e. The van der Waals surface area contributed by atoms with Gasteiger partial charge in [-0.25, -0.2) is 9.59 Å². The Morgan fingerprint density at radius 3 is 2.38 bits per heavy atom. The molecule has 1 atom stereocenters. The average molecular weight is 471 g/mol. The second-order valence-electron chi connectivity index (χ2n) is 8.27. The molecular weight excluding hydrogens is 448 g/mol. The molecular formula is C28H22O5S. The van der Waals surface area contributed by atoms with E-state index in [1.54, 1.807) is 24.3 Å². The quantitative estimate of drug-likeness (QED) is 0.356. The summed E-state index contributed by atoms with van der Waals surface area (Å²) in [5.74, 6) is -0.312. The molecule has 5 rings (SSSR count). The Hall–Kier alpha value is -3.61. The second-order valence-corrected chi connectivity index (χ2v) is 9.40. The number of fused-ring (bicyclic) bond motifs is 2. The topological polar surface area (TPSA) is 83.8 Å². The maximum Gasteiger partial charge on any atom is 0.338 e. The number of carboxylic acids is 1. The van der Waals surface area contributed by atoms with Gasteiger partial charge < -0.3 is 14.9 Å². The Labute approximate surface area is 201 Å². The SMILES string of the molecule is O=C(O)c1ccc(C(O)c2ccc3ccc(C(=O)OCc4ccc5c(c4)CCS5)cc3c2)cc1. The highest BCUT2D eigenvalue weighted by molar-refractivity contribution is 7.99. The Balaban J connectivity index is 1.33. The van der Waals surface area contributed by atoms with Gasteiger partial charge in [-0.1, -0.05) is 42.5 Å². The summed E-state index contributed by atoms with van der Waals surface area (Å²) in [6, 6.07) is 23.2. The minimum atomic E-state index is -1.01. The molecule has 0 amide bonds. The minimum absolute atomic E-state index is 0.163. The molecule has 0 aromatic heterocycles. The zero-order chi connectivity index (χ0) is 23.7. The summed E-state index contributed by atoms with van der Waals surface area (Å²) < 4.78 is 5.56. The number of aliphatic hydroxyl groups is 1. The molecule has 1 unspecified atom stereocenters. The zero-order valence-electron chi connectivity index (χ0n) is 18.2. The van der Waals surface area contributed by atoms with Gasteiger partial charge in [0, 0.05) is 10.6 Å². The number of carbonyl (C=O) groups is 2. The lowest BCUT2D eigenvalue weighted by Crippen LogP contribution is -2.05. The summed E-state index contributed by atoms with van der Waals surface area (Å²) >= 11 is 1.85. The number of benzene rings is 4. The molecule has 34 heavy (non-hydrogen) atoms. The number of hydrogen-bond donors (Lipinski definition) is 2. The van der Waals surface area contributed by atoms with Crippen LogP contribution in [0.3, 0.4) is 0 Å². The molecule has 6 heteroatoms. The van der Waals surface area contributed by atoms with Crippen LogP contribution in [0.25, 0.3) is 10.8 Å². The third-order valence-corrected chi connectivity index (χ3v) is 7.13. The molecule has 1 aliphatic rings. The predicted molar refractivity (Wildman–Crippen MR) is 131 cm³/mol. The normalized spacial score (nSPS) is 13.4. The van der Waals surface area contributed by atoms with Crippen molar-refractivity contribution in [2.24, 2.45) is 0 Å². The van der Waals surface area contributed by atoms with Crippen molar-refractivity contribution in [1.29, 1.82) is 0 Å². The first-order valence-electron chi connectivity index (χ1n) is 10.9. The fourth-order valence-electron chi connectivity index (χ4n) is 4.12. The Kier molecular flexibility index (Phi) is 6.09. The Morgan fingerprint density at radius 1 is 0.853 bits per heavy atom. The summed E-state index contributed by atoms with van der Waals surface area (Å²) in [5.41, 5.74) is 4.14. The number of carbonyl (C=O) groups excluding carboxylic acids is 1. The van der Waals surface area contributed by atoms with E-state index in [2.05, 4.69) is 12.1 Å². The monoisotopic (exact) mass is 470 g/mol. The van der Waals surface area contributed by atoms with E-state index in [4.69, 9.17) is 9.84 Å². The molecule has 2 N–H and O–H groups in total. The molecule has 4 aromatic carbocycles. The lowest BCUT2D eigenvalue weighted by Gasteiger charge is -2.13. The van der Waals surface area contributed by atoms with Gasteiger partial charge in [-0.15, -0.1) is 11.8 Å². The van der Waals surface area contributed by atoms with Crippen molar-refractivity contribution in [2.45, 2.75) is 24.0 Å². The maximum atomic E-state index is 12.7. The van der Waals surface area contributed by atoms with Gasteiger partial charge in [0.25, 0.3) is 0 Å². The predicted octanol–water partition coefficient (Wildman–Crippen LogP) is 5.62. The van der Waals surface area contributed by atoms with Crippen LogP contribution < -0.4 is 0 Å². The highest BCUT2D eigenvalue weighted by Gasteiger charge is 2.15. The minimum Gasteiger partial charge on any atom is -0.478 e. The molecule has 0 spiro atoms. The summed E-state index contributed by atoms with van der Waals surface area (Å²) in [5, 5.41) is 21.6. The van der Waals surface area contributed by atoms with Gasteiger partial charge in [0.05, 0.1) is 11.1 Å². The number of thioether (sulfide) groups is 1. The lowest BCUT2D eigenvalue weighted by molar-refractivity contribution is 0.0472. The van der Waals surface area contributed by atoms with Crippen molar-refractivity contribution in [3.63, 3.8) is 0 Å². The highest BCUT2D eigenvalue weighted by atomic mass is 32.2. The number of aromatic carboxylic acids is 1. The standard InChI is InChI=1S/C28H22O5S/c29-26(19-4-6-20(7-5-19)27(30)31)22-8-2-18-3-9-23(15-24(18)14-22)28(32)33-16-17-1-10-25-21(13-17)11-12-34-25/h1-10,13-15,26,29H,11-12,16H2,(H,30,31). The van der Waals surface area contributed by atoms with E-state index < -0.39 is 18.0 Å². The third-order valence-electron chi connectivity index (χ3n) is 6.01. The molecule has 5 nitrogen and oxygen atoms in total. The van der Waals surface area contributed by atoms with Crippen LogP contribution in [-0.4, -0.2) is 27.9 Å². The number of esters is 1. The van der Waals surface area contributed by atoms with Gasteiger partial charge in [0.15, 0.2) is 0 Å². The maximum absolute atomic E-state index is 12.7. The molecule has 0 saturated heterocycles. The van der Waals surface area contributed by atoms with E-state index in [-0.39, 0.29) is 12.2 Å². The molecule has 0 saturated carbocycles. The van der Waals surface area contributed by atoms with Crippen molar-refractivity contribution in [3.05, 3.63) is 112 Å². The van der Waals surface area contributed by atoms with Gasteiger partial charge in [-0.2, -0.15) is 0 Å². The van der Waals surface area contributed by atoms with Gasteiger partial charge in [-0.05, 0) is 75.8 Å². The van der Waals surface area contributed by atoms with Gasteiger partial charge >= 0.3 is 11.9 Å². The number of ether oxygens (including phenoxy) is 1. The smallest absolute Gasteiger partial charge is 0.338 e. The van der Waals surface area contributed by atoms with Crippen LogP contribution in [0.5, 0.6) is 0 Å². The van der Waals surface area contributed by atoms with E-state index in [1.165, 1.54) is 22.6 Å². The van der Waals surface area contributed by atoms with Gasteiger partial charge in [0.1, 0.15) is 12.7 Å². The summed E-state index contributed by atoms with van der Waals surface area (Å²) in [6.07, 6.45) is 0.130. The third kappa shape index (κ3) is 4.55. The van der Waals surface area contributed by atoms with E-state index in [0.29, 0.717) is 16.7 Å². The Morgan fingerprint density at radius 2 is 1.59 bits per heavy atom. The first kappa shape index (κ1) is 22.2. The molecule has 1 aliphatic heterocycles. The molecule has 4 aromatic rings. The number of carboxylic acid groups (broad SMARTS) is 1. The van der Waals surface area contributed by atoms with E-state index in [9.17, 15) is 14.7 Å². The van der Waals surface area contributed by atoms with Crippen LogP contribution >= 0.6 is 11.8 Å². The van der Waals surface area contributed by atoms with Crippen LogP contribution in [0.4, 0.5) is 0 Å². The van der Waals surface area contributed by atoms with Crippen molar-refractivity contribution in [2.75, 3.05) is 5.75 Å². The summed E-state index contributed by atoms with van der Waals surface area (Å²) in [7, 11) is 0. The fourth-order valence-corrected chi connectivity index (χ4v) is 5.18. The van der Waals surface area contributed by atoms with Crippen molar-refractivity contribution in [3.8, 4) is 0 Å². The number of rotatable bonds is 6. The van der Waals surface area contributed by atoms with E-state index >= 15 is 0 Å². The van der Waals surface area contributed by atoms with Crippen LogP contribution in [0, 0.1) is 0 Å². The molecule has 0 radical (unpaired) electrons. The molecule has 0 bridgehead atoms. The van der Waals surface area contributed by atoms with Crippen LogP contribution in [-0.2, 0) is 17.8 Å². The zero-order valence-corrected chi connectivity index (χ0v) is 19.0. The fraction of sp³-hybridized carbons (Fsp3) is 0.143. The number of aliphatic hydroxyl groups excluding tert-OH is 1. The van der Waals surface area contributed by atoms with Crippen LogP contribution in [0.15, 0.2) is 83.8 Å². The van der Waals surface area contributed by atoms with Gasteiger partial charge in [-0.3, -0.25) is 0 Å². The Bertz CT molecular complexity index is 1390. The lowest BCUT2D eigenvalue weighted by atomic mass is 9.97. The van der Waals surface area contributed by atoms with E-state index in [1.807, 2.05) is 42.1 Å². The number of aryl methyl sites for hydroxylation is 1. The van der Waals surface area contributed by atoms with E-state index in [0.717, 1.165) is 28.5 Å². The van der Waals surface area contributed by atoms with Crippen molar-refractivity contribution >= 4 is 34.5 Å². The molecule has 0 aliphatic carbocycles. The van der Waals surface area contributed by atoms with Crippen LogP contribution in [0.1, 0.15) is 49.1 Å². The highest BCUT2D eigenvalue weighted by Crippen LogP contribution is 2.32. The molecule has 170 valence electrons. The summed E-state index contributed by atoms with van der Waals surface area (Å²) in [4.78, 5) is 25.1. The summed E-state index contributed by atoms with van der Waals surface area (Å²) in [6.45, 7) is 0.222. The first-order valence-corrected chi connectivity index (χ1v) is 11.9. The van der Waals surface area contributed by atoms with Crippen LogP contribution in [0.2, 0.25) is 0 Å². The first-order chi connectivity index (χ1) is 16.5. The van der Waals surface area contributed by atoms with Crippen molar-refractivity contribution in [1.82, 2.24) is 0 Å². The average Bonchev–Trinajstić information content (AvgIpc) is 3.34. The molecule has 1 heterocycles. The second kappa shape index (κ2) is 9.33. The van der Waals surface area contributed by atoms with Gasteiger partial charge in [0.2, 0.25) is 0 Å².